The zero-order valence-electron chi connectivity index (χ0n) is 12.7. The normalized spacial score (nSPS) is 18.8. The molecule has 4 heteroatoms. The second-order valence-electron chi connectivity index (χ2n) is 6.49. The van der Waals surface area contributed by atoms with Crippen LogP contribution in [0, 0.1) is 5.82 Å². The Morgan fingerprint density at radius 1 is 1.00 bits per heavy atom. The molecule has 0 aromatic heterocycles. The van der Waals surface area contributed by atoms with E-state index in [1.165, 1.54) is 30.9 Å². The minimum absolute atomic E-state index is 0.0112. The zero-order chi connectivity index (χ0) is 16.0. The number of rotatable bonds is 1. The van der Waals surface area contributed by atoms with Crippen molar-refractivity contribution in [3.05, 3.63) is 52.8 Å². The summed E-state index contributed by atoms with van der Waals surface area (Å²) in [7, 11) is 0. The molecule has 1 heterocycles. The summed E-state index contributed by atoms with van der Waals surface area (Å²) in [4.78, 5) is 0.960. The number of thiocarbonyl (C=S) groups is 1. The van der Waals surface area contributed by atoms with Crippen molar-refractivity contribution in [2.24, 2.45) is 0 Å². The van der Waals surface area contributed by atoms with E-state index in [4.69, 9.17) is 23.8 Å². The molecule has 1 fully saturated rings. The van der Waals surface area contributed by atoms with Crippen LogP contribution < -0.4 is 5.32 Å². The minimum atomic E-state index is -0.386. The first-order chi connectivity index (χ1) is 11.1. The smallest absolute Gasteiger partial charge is 0.141 e. The Morgan fingerprint density at radius 3 is 2.43 bits per heavy atom. The fraction of sp³-hybridized carbons (Fsp3) is 0.316. The van der Waals surface area contributed by atoms with Crippen molar-refractivity contribution in [3.63, 3.8) is 0 Å². The van der Waals surface area contributed by atoms with Crippen molar-refractivity contribution in [2.45, 2.75) is 37.5 Å². The number of fused-ring (bicyclic) bond motifs is 2. The highest BCUT2D eigenvalue weighted by atomic mass is 35.5. The number of hydrogen-bond donors (Lipinski definition) is 1. The van der Waals surface area contributed by atoms with Gasteiger partial charge in [0.2, 0.25) is 0 Å². The Hall–Kier alpha value is -1.45. The third-order valence-electron chi connectivity index (χ3n) is 5.18. The van der Waals surface area contributed by atoms with Gasteiger partial charge in [-0.2, -0.15) is 0 Å². The van der Waals surface area contributed by atoms with Crippen molar-refractivity contribution < 1.29 is 4.39 Å². The van der Waals surface area contributed by atoms with Gasteiger partial charge in [0.05, 0.1) is 10.0 Å². The molecule has 1 aliphatic heterocycles. The van der Waals surface area contributed by atoms with Crippen LogP contribution in [0.1, 0.15) is 37.7 Å². The van der Waals surface area contributed by atoms with Gasteiger partial charge in [0.15, 0.2) is 0 Å². The largest absolute Gasteiger partial charge is 0.349 e. The molecule has 1 saturated carbocycles. The van der Waals surface area contributed by atoms with Gasteiger partial charge in [-0.15, -0.1) is 0 Å². The van der Waals surface area contributed by atoms with E-state index in [0.717, 1.165) is 34.6 Å². The number of anilines is 1. The molecule has 2 aromatic rings. The summed E-state index contributed by atoms with van der Waals surface area (Å²) >= 11 is 11.6. The highest BCUT2D eigenvalue weighted by Crippen LogP contribution is 2.49. The lowest BCUT2D eigenvalue weighted by Gasteiger charge is -2.33. The van der Waals surface area contributed by atoms with Crippen LogP contribution in [0.3, 0.4) is 0 Å². The van der Waals surface area contributed by atoms with Crippen LogP contribution in [-0.2, 0) is 5.41 Å². The maximum absolute atomic E-state index is 13.4. The number of nitrogens with one attached hydrogen (secondary N) is 1. The predicted molar refractivity (Wildman–Crippen MR) is 97.8 cm³/mol. The van der Waals surface area contributed by atoms with Crippen LogP contribution in [0.15, 0.2) is 36.4 Å². The van der Waals surface area contributed by atoms with Gasteiger partial charge in [0.25, 0.3) is 0 Å². The van der Waals surface area contributed by atoms with Crippen LogP contribution >= 0.6 is 23.8 Å². The molecule has 1 nitrogen and oxygen atoms in total. The SMILES string of the molecule is Fc1ccc(-c2ccc3c(c2)C2(CCCCC2)C(=S)N3)cc1Cl. The Balaban J connectivity index is 1.81. The summed E-state index contributed by atoms with van der Waals surface area (Å²) in [5.74, 6) is -0.386. The quantitative estimate of drug-likeness (QED) is 0.626. The molecule has 118 valence electrons. The summed E-state index contributed by atoms with van der Waals surface area (Å²) in [5.41, 5.74) is 4.39. The molecule has 0 amide bonds. The van der Waals surface area contributed by atoms with Gasteiger partial charge in [0, 0.05) is 11.1 Å². The van der Waals surface area contributed by atoms with Crippen LogP contribution in [0.2, 0.25) is 5.02 Å². The van der Waals surface area contributed by atoms with E-state index < -0.39 is 0 Å². The Kier molecular flexibility index (Phi) is 3.66. The first-order valence-corrected chi connectivity index (χ1v) is 8.80. The molecule has 0 bridgehead atoms. The highest BCUT2D eigenvalue weighted by molar-refractivity contribution is 7.80. The summed E-state index contributed by atoms with van der Waals surface area (Å²) in [6.07, 6.45) is 5.94. The summed E-state index contributed by atoms with van der Waals surface area (Å²) in [5, 5.41) is 3.56. The van der Waals surface area contributed by atoms with Crippen LogP contribution in [0.5, 0.6) is 0 Å². The average Bonchev–Trinajstić information content (AvgIpc) is 2.83. The third-order valence-corrected chi connectivity index (χ3v) is 5.96. The molecule has 1 N–H and O–H groups in total. The summed E-state index contributed by atoms with van der Waals surface area (Å²) in [6, 6.07) is 11.2. The van der Waals surface area contributed by atoms with E-state index in [-0.39, 0.29) is 16.3 Å². The van der Waals surface area contributed by atoms with E-state index in [9.17, 15) is 4.39 Å². The third kappa shape index (κ3) is 2.38. The van der Waals surface area contributed by atoms with Crippen LogP contribution in [0.25, 0.3) is 11.1 Å². The Morgan fingerprint density at radius 2 is 1.70 bits per heavy atom. The van der Waals surface area contributed by atoms with Gasteiger partial charge in [-0.25, -0.2) is 4.39 Å². The van der Waals surface area contributed by atoms with E-state index >= 15 is 0 Å². The first kappa shape index (κ1) is 15.1. The maximum Gasteiger partial charge on any atom is 0.141 e. The standard InChI is InChI=1S/C19H17ClFNS/c20-15-11-13(4-6-16(15)21)12-5-7-17-14(10-12)19(18(23)22-17)8-2-1-3-9-19/h4-7,10-11H,1-3,8-9H2,(H,22,23). The molecular formula is C19H17ClFNS. The molecule has 1 spiro atoms. The van der Waals surface area contributed by atoms with Crippen molar-refractivity contribution in [1.29, 1.82) is 0 Å². The molecule has 0 atom stereocenters. The zero-order valence-corrected chi connectivity index (χ0v) is 14.2. The van der Waals surface area contributed by atoms with Gasteiger partial charge in [-0.1, -0.05) is 55.2 Å². The lowest BCUT2D eigenvalue weighted by Crippen LogP contribution is -2.35. The second-order valence-corrected chi connectivity index (χ2v) is 7.30. The molecule has 2 aliphatic rings. The lowest BCUT2D eigenvalue weighted by molar-refractivity contribution is 0.389. The molecular weight excluding hydrogens is 329 g/mol. The van der Waals surface area contributed by atoms with Gasteiger partial charge < -0.3 is 5.32 Å². The summed E-state index contributed by atoms with van der Waals surface area (Å²) < 4.78 is 13.4. The topological polar surface area (TPSA) is 12.0 Å². The van der Waals surface area contributed by atoms with Crippen LogP contribution in [0.4, 0.5) is 10.1 Å². The lowest BCUT2D eigenvalue weighted by atomic mass is 9.70. The van der Waals surface area contributed by atoms with Gasteiger partial charge in [0.1, 0.15) is 5.82 Å². The molecule has 1 aliphatic carbocycles. The molecule has 4 rings (SSSR count). The first-order valence-electron chi connectivity index (χ1n) is 8.02. The average molecular weight is 346 g/mol. The number of benzene rings is 2. The Labute approximate surface area is 145 Å². The molecule has 0 saturated heterocycles. The number of halogens is 2. The second kappa shape index (κ2) is 5.57. The summed E-state index contributed by atoms with van der Waals surface area (Å²) in [6.45, 7) is 0. The monoisotopic (exact) mass is 345 g/mol. The van der Waals surface area contributed by atoms with E-state index in [0.29, 0.717) is 0 Å². The van der Waals surface area contributed by atoms with Gasteiger partial charge >= 0.3 is 0 Å². The van der Waals surface area contributed by atoms with E-state index in [1.54, 1.807) is 12.1 Å². The maximum atomic E-state index is 13.4. The fourth-order valence-electron chi connectivity index (χ4n) is 3.92. The highest BCUT2D eigenvalue weighted by Gasteiger charge is 2.44. The molecule has 0 unspecified atom stereocenters. The van der Waals surface area contributed by atoms with E-state index in [1.807, 2.05) is 6.07 Å². The fourth-order valence-corrected chi connectivity index (χ4v) is 4.53. The number of hydrogen-bond acceptors (Lipinski definition) is 1. The molecule has 2 aromatic carbocycles. The van der Waals surface area contributed by atoms with Crippen molar-refractivity contribution in [1.82, 2.24) is 0 Å². The van der Waals surface area contributed by atoms with Crippen molar-refractivity contribution in [2.75, 3.05) is 5.32 Å². The molecule has 0 radical (unpaired) electrons. The predicted octanol–water partition coefficient (Wildman–Crippen LogP) is 6.10. The van der Waals surface area contributed by atoms with Crippen LogP contribution in [-0.4, -0.2) is 4.99 Å². The van der Waals surface area contributed by atoms with E-state index in [2.05, 4.69) is 17.4 Å². The van der Waals surface area contributed by atoms with Crippen molar-refractivity contribution in [3.8, 4) is 11.1 Å². The van der Waals surface area contributed by atoms with Crippen molar-refractivity contribution >= 4 is 34.5 Å². The van der Waals surface area contributed by atoms with Gasteiger partial charge in [-0.3, -0.25) is 0 Å². The molecule has 23 heavy (non-hydrogen) atoms. The minimum Gasteiger partial charge on any atom is -0.349 e. The van der Waals surface area contributed by atoms with Gasteiger partial charge in [-0.05, 0) is 53.8 Å². The Bertz CT molecular complexity index is 796.